The van der Waals surface area contributed by atoms with Crippen LogP contribution in [0, 0.1) is 0 Å². The van der Waals surface area contributed by atoms with Gasteiger partial charge in [-0.05, 0) is 11.6 Å². The van der Waals surface area contributed by atoms with E-state index in [0.717, 1.165) is 16.3 Å². The highest BCUT2D eigenvalue weighted by atomic mass is 32.2. The lowest BCUT2D eigenvalue weighted by Crippen LogP contribution is -1.98. The van der Waals surface area contributed by atoms with Gasteiger partial charge in [-0.3, -0.25) is 5.10 Å². The number of benzene rings is 2. The van der Waals surface area contributed by atoms with Crippen molar-refractivity contribution in [2.75, 3.05) is 0 Å². The van der Waals surface area contributed by atoms with Gasteiger partial charge in [0.15, 0.2) is 5.16 Å². The van der Waals surface area contributed by atoms with Crippen molar-refractivity contribution in [1.82, 2.24) is 15.2 Å². The third kappa shape index (κ3) is 2.67. The molecule has 3 rings (SSSR count). The van der Waals surface area contributed by atoms with Gasteiger partial charge in [-0.15, -0.1) is 0 Å². The molecule has 0 amide bonds. The van der Waals surface area contributed by atoms with Crippen molar-refractivity contribution in [2.24, 2.45) is 0 Å². The molecular weight excluding hydrogens is 270 g/mol. The van der Waals surface area contributed by atoms with Gasteiger partial charge >= 0.3 is 0 Å². The Morgan fingerprint density at radius 1 is 1.00 bits per heavy atom. The second-order valence-electron chi connectivity index (χ2n) is 4.26. The minimum atomic E-state index is -0.0367. The van der Waals surface area contributed by atoms with Crippen molar-refractivity contribution in [3.05, 3.63) is 72.1 Å². The van der Waals surface area contributed by atoms with Gasteiger partial charge in [0.1, 0.15) is 12.1 Å². The van der Waals surface area contributed by atoms with Gasteiger partial charge in [0.25, 0.3) is 0 Å². The second-order valence-corrected chi connectivity index (χ2v) is 5.35. The van der Waals surface area contributed by atoms with E-state index in [0.29, 0.717) is 0 Å². The first kappa shape index (κ1) is 12.7. The Morgan fingerprint density at radius 2 is 1.75 bits per heavy atom. The molecule has 20 heavy (non-hydrogen) atoms. The predicted octanol–water partition coefficient (Wildman–Crippen LogP) is 3.39. The molecule has 0 saturated carbocycles. The van der Waals surface area contributed by atoms with Crippen LogP contribution in [0.4, 0.5) is 0 Å². The quantitative estimate of drug-likeness (QED) is 0.720. The Morgan fingerprint density at radius 3 is 2.45 bits per heavy atom. The summed E-state index contributed by atoms with van der Waals surface area (Å²) in [7, 11) is 0. The van der Waals surface area contributed by atoms with Crippen LogP contribution in [0.5, 0.6) is 5.75 Å². The SMILES string of the molecule is Oc1ccccc1C(Sc1ncn[nH]1)c1ccccc1. The summed E-state index contributed by atoms with van der Waals surface area (Å²) in [5.74, 6) is 0.286. The third-order valence-electron chi connectivity index (χ3n) is 2.94. The van der Waals surface area contributed by atoms with E-state index in [2.05, 4.69) is 15.2 Å². The maximum atomic E-state index is 10.1. The van der Waals surface area contributed by atoms with Crippen molar-refractivity contribution in [3.8, 4) is 5.75 Å². The zero-order chi connectivity index (χ0) is 13.8. The second kappa shape index (κ2) is 5.79. The van der Waals surface area contributed by atoms with Crippen LogP contribution in [0.3, 0.4) is 0 Å². The molecule has 2 aromatic carbocycles. The molecule has 0 spiro atoms. The summed E-state index contributed by atoms with van der Waals surface area (Å²) >= 11 is 1.53. The van der Waals surface area contributed by atoms with Crippen molar-refractivity contribution < 1.29 is 5.11 Å². The summed E-state index contributed by atoms with van der Waals surface area (Å²) in [6.45, 7) is 0. The zero-order valence-corrected chi connectivity index (χ0v) is 11.4. The Labute approximate surface area is 120 Å². The molecule has 1 unspecified atom stereocenters. The monoisotopic (exact) mass is 283 g/mol. The lowest BCUT2D eigenvalue weighted by atomic mass is 10.0. The van der Waals surface area contributed by atoms with E-state index >= 15 is 0 Å². The predicted molar refractivity (Wildman–Crippen MR) is 78.6 cm³/mol. The number of nitrogens with zero attached hydrogens (tertiary/aromatic N) is 2. The number of phenols is 1. The van der Waals surface area contributed by atoms with Crippen molar-refractivity contribution in [1.29, 1.82) is 0 Å². The minimum absolute atomic E-state index is 0.0367. The summed E-state index contributed by atoms with van der Waals surface area (Å²) in [6.07, 6.45) is 1.48. The third-order valence-corrected chi connectivity index (χ3v) is 4.13. The molecule has 0 aliphatic heterocycles. The number of para-hydroxylation sites is 1. The molecular formula is C15H13N3OS. The molecule has 0 saturated heterocycles. The Kier molecular flexibility index (Phi) is 3.69. The number of aromatic nitrogens is 3. The molecule has 4 nitrogen and oxygen atoms in total. The maximum Gasteiger partial charge on any atom is 0.184 e. The first-order chi connectivity index (χ1) is 9.84. The zero-order valence-electron chi connectivity index (χ0n) is 10.6. The normalized spacial score (nSPS) is 12.2. The van der Waals surface area contributed by atoms with Crippen LogP contribution in [0.15, 0.2) is 66.1 Å². The molecule has 5 heteroatoms. The number of H-pyrrole nitrogens is 1. The maximum absolute atomic E-state index is 10.1. The van der Waals surface area contributed by atoms with Crippen molar-refractivity contribution in [3.63, 3.8) is 0 Å². The van der Waals surface area contributed by atoms with E-state index in [1.54, 1.807) is 6.07 Å². The van der Waals surface area contributed by atoms with E-state index in [1.165, 1.54) is 18.1 Å². The van der Waals surface area contributed by atoms with Crippen LogP contribution in [-0.2, 0) is 0 Å². The smallest absolute Gasteiger partial charge is 0.184 e. The van der Waals surface area contributed by atoms with E-state index in [4.69, 9.17) is 0 Å². The number of aromatic hydroxyl groups is 1. The molecule has 1 aromatic heterocycles. The number of hydrogen-bond donors (Lipinski definition) is 2. The largest absolute Gasteiger partial charge is 0.508 e. The number of aromatic amines is 1. The average Bonchev–Trinajstić information content (AvgIpc) is 3.00. The molecule has 0 aliphatic rings. The number of nitrogens with one attached hydrogen (secondary N) is 1. The van der Waals surface area contributed by atoms with Crippen LogP contribution in [0.1, 0.15) is 16.4 Å². The number of thioether (sulfide) groups is 1. The van der Waals surface area contributed by atoms with Crippen molar-refractivity contribution in [2.45, 2.75) is 10.4 Å². The van der Waals surface area contributed by atoms with Gasteiger partial charge in [-0.2, -0.15) is 5.10 Å². The molecule has 2 N–H and O–H groups in total. The molecule has 0 aliphatic carbocycles. The fourth-order valence-corrected chi connectivity index (χ4v) is 3.07. The number of phenolic OH excluding ortho intramolecular Hbond substituents is 1. The van der Waals surface area contributed by atoms with Gasteiger partial charge in [-0.1, -0.05) is 60.3 Å². The molecule has 100 valence electrons. The number of rotatable bonds is 4. The summed E-state index contributed by atoms with van der Waals surface area (Å²) in [4.78, 5) is 4.15. The summed E-state index contributed by atoms with van der Waals surface area (Å²) < 4.78 is 0. The highest BCUT2D eigenvalue weighted by molar-refractivity contribution is 7.99. The van der Waals surface area contributed by atoms with Crippen LogP contribution in [0.2, 0.25) is 0 Å². The van der Waals surface area contributed by atoms with Gasteiger partial charge in [-0.25, -0.2) is 4.98 Å². The number of hydrogen-bond acceptors (Lipinski definition) is 4. The highest BCUT2D eigenvalue weighted by Gasteiger charge is 2.19. The fourth-order valence-electron chi connectivity index (χ4n) is 2.01. The first-order valence-electron chi connectivity index (χ1n) is 6.19. The van der Waals surface area contributed by atoms with E-state index in [-0.39, 0.29) is 11.0 Å². The van der Waals surface area contributed by atoms with E-state index in [9.17, 15) is 5.11 Å². The average molecular weight is 283 g/mol. The molecule has 3 aromatic rings. The van der Waals surface area contributed by atoms with Crippen LogP contribution in [0.25, 0.3) is 0 Å². The Balaban J connectivity index is 2.02. The molecule has 0 fully saturated rings. The minimum Gasteiger partial charge on any atom is -0.508 e. The molecule has 1 heterocycles. The fraction of sp³-hybridized carbons (Fsp3) is 0.0667. The lowest BCUT2D eigenvalue weighted by molar-refractivity contribution is 0.469. The first-order valence-corrected chi connectivity index (χ1v) is 7.07. The summed E-state index contributed by atoms with van der Waals surface area (Å²) in [6, 6.07) is 17.4. The van der Waals surface area contributed by atoms with Crippen molar-refractivity contribution >= 4 is 11.8 Å². The van der Waals surface area contributed by atoms with Gasteiger partial charge in [0, 0.05) is 5.56 Å². The summed E-state index contributed by atoms with van der Waals surface area (Å²) in [5.41, 5.74) is 1.97. The molecule has 0 radical (unpaired) electrons. The molecule has 0 bridgehead atoms. The Bertz CT molecular complexity index is 671. The molecule has 1 atom stereocenters. The van der Waals surface area contributed by atoms with Crippen LogP contribution in [-0.4, -0.2) is 20.3 Å². The summed E-state index contributed by atoms with van der Waals surface area (Å²) in [5, 5.41) is 17.5. The van der Waals surface area contributed by atoms with E-state index < -0.39 is 0 Å². The van der Waals surface area contributed by atoms with Crippen LogP contribution < -0.4 is 0 Å². The lowest BCUT2D eigenvalue weighted by Gasteiger charge is -2.17. The topological polar surface area (TPSA) is 61.8 Å². The van der Waals surface area contributed by atoms with E-state index in [1.807, 2.05) is 48.5 Å². The standard InChI is InChI=1S/C15H13N3OS/c19-13-9-5-4-8-12(13)14(11-6-2-1-3-7-11)20-15-16-10-17-18-15/h1-10,14,19H,(H,16,17,18). The van der Waals surface area contributed by atoms with Gasteiger partial charge in [0.05, 0.1) is 5.25 Å². The van der Waals surface area contributed by atoms with Gasteiger partial charge < -0.3 is 5.11 Å². The highest BCUT2D eigenvalue weighted by Crippen LogP contribution is 2.41. The van der Waals surface area contributed by atoms with Crippen LogP contribution >= 0.6 is 11.8 Å². The van der Waals surface area contributed by atoms with Gasteiger partial charge in [0.2, 0.25) is 0 Å². The Hall–Kier alpha value is -2.27.